The molecule has 0 saturated heterocycles. The van der Waals surface area contributed by atoms with E-state index in [0.29, 0.717) is 5.56 Å². The number of nitrogens with one attached hydrogen (secondary N) is 1. The molecule has 0 saturated carbocycles. The highest BCUT2D eigenvalue weighted by atomic mass is 16.3. The van der Waals surface area contributed by atoms with Crippen LogP contribution in [0.4, 0.5) is 0 Å². The molecule has 0 fully saturated rings. The van der Waals surface area contributed by atoms with E-state index in [-0.39, 0.29) is 5.75 Å². The zero-order valence-electron chi connectivity index (χ0n) is 5.95. The summed E-state index contributed by atoms with van der Waals surface area (Å²) in [4.78, 5) is 8.00. The van der Waals surface area contributed by atoms with Crippen LogP contribution in [0, 0.1) is 5.41 Å². The fourth-order valence-electron chi connectivity index (χ4n) is 0.610. The summed E-state index contributed by atoms with van der Waals surface area (Å²) in [7, 11) is 0. The van der Waals surface area contributed by atoms with Crippen molar-refractivity contribution >= 4 is 13.0 Å². The molecule has 0 heterocycles. The standard InChI is InChI=1S/C7H7NO.CH2O/c8-5-6-3-1-2-4-7(6)9;1-2/h1-5,8-9H;1H2. The Morgan fingerprint density at radius 2 is 1.91 bits per heavy atom. The van der Waals surface area contributed by atoms with E-state index >= 15 is 0 Å². The van der Waals surface area contributed by atoms with Crippen LogP contribution in [-0.2, 0) is 4.79 Å². The van der Waals surface area contributed by atoms with Crippen molar-refractivity contribution in [3.8, 4) is 5.75 Å². The van der Waals surface area contributed by atoms with Crippen LogP contribution in [0.1, 0.15) is 5.56 Å². The van der Waals surface area contributed by atoms with E-state index in [1.165, 1.54) is 0 Å². The molecule has 0 aliphatic rings. The number of phenolic OH excluding ortho intramolecular Hbond substituents is 1. The van der Waals surface area contributed by atoms with E-state index in [1.54, 1.807) is 24.3 Å². The minimum absolute atomic E-state index is 0.160. The van der Waals surface area contributed by atoms with Gasteiger partial charge in [0, 0.05) is 11.8 Å². The molecule has 0 aliphatic heterocycles. The lowest BCUT2D eigenvalue weighted by atomic mass is 10.2. The molecule has 58 valence electrons. The first-order valence-electron chi connectivity index (χ1n) is 2.92. The average Bonchev–Trinajstić information content (AvgIpc) is 2.09. The molecule has 0 unspecified atom stereocenters. The Hall–Kier alpha value is -1.64. The normalized spacial score (nSPS) is 7.64. The first kappa shape index (κ1) is 9.36. The van der Waals surface area contributed by atoms with Gasteiger partial charge in [0.2, 0.25) is 0 Å². The van der Waals surface area contributed by atoms with Gasteiger partial charge in [-0.05, 0) is 12.1 Å². The van der Waals surface area contributed by atoms with Gasteiger partial charge in [-0.1, -0.05) is 12.1 Å². The van der Waals surface area contributed by atoms with E-state index in [1.807, 2.05) is 6.79 Å². The number of benzene rings is 1. The molecular formula is C8H9NO2. The van der Waals surface area contributed by atoms with E-state index in [0.717, 1.165) is 6.21 Å². The highest BCUT2D eigenvalue weighted by molar-refractivity contribution is 5.80. The Kier molecular flexibility index (Phi) is 4.40. The van der Waals surface area contributed by atoms with Gasteiger partial charge < -0.3 is 15.3 Å². The quantitative estimate of drug-likeness (QED) is 0.592. The van der Waals surface area contributed by atoms with Crippen LogP contribution < -0.4 is 0 Å². The second-order valence-electron chi connectivity index (χ2n) is 1.70. The fraction of sp³-hybridized carbons (Fsp3) is 0. The maximum atomic E-state index is 8.96. The summed E-state index contributed by atoms with van der Waals surface area (Å²) in [5, 5.41) is 15.8. The lowest BCUT2D eigenvalue weighted by Crippen LogP contribution is -1.77. The molecule has 0 aliphatic carbocycles. The van der Waals surface area contributed by atoms with Crippen LogP contribution in [0.15, 0.2) is 24.3 Å². The number of hydrogen-bond donors (Lipinski definition) is 2. The molecule has 1 aromatic carbocycles. The Bertz CT molecular complexity index is 235. The van der Waals surface area contributed by atoms with E-state index in [2.05, 4.69) is 0 Å². The monoisotopic (exact) mass is 151 g/mol. The number of aromatic hydroxyl groups is 1. The fourth-order valence-corrected chi connectivity index (χ4v) is 0.610. The number of carbonyl (C=O) groups excluding carboxylic acids is 1. The molecular weight excluding hydrogens is 142 g/mol. The summed E-state index contributed by atoms with van der Waals surface area (Å²) in [5.74, 6) is 0.160. The summed E-state index contributed by atoms with van der Waals surface area (Å²) >= 11 is 0. The van der Waals surface area contributed by atoms with Crippen molar-refractivity contribution in [2.45, 2.75) is 0 Å². The van der Waals surface area contributed by atoms with Crippen molar-refractivity contribution in [2.24, 2.45) is 0 Å². The van der Waals surface area contributed by atoms with Crippen LogP contribution in [0.3, 0.4) is 0 Å². The summed E-state index contributed by atoms with van der Waals surface area (Å²) in [6.07, 6.45) is 1.12. The molecule has 0 bridgehead atoms. The van der Waals surface area contributed by atoms with Crippen molar-refractivity contribution in [1.82, 2.24) is 0 Å². The molecule has 0 spiro atoms. The van der Waals surface area contributed by atoms with Gasteiger partial charge in [-0.3, -0.25) is 0 Å². The third-order valence-electron chi connectivity index (χ3n) is 1.09. The van der Waals surface area contributed by atoms with Gasteiger partial charge in [-0.2, -0.15) is 0 Å². The van der Waals surface area contributed by atoms with Crippen LogP contribution in [-0.4, -0.2) is 18.1 Å². The molecule has 0 aromatic heterocycles. The summed E-state index contributed by atoms with van der Waals surface area (Å²) in [6.45, 7) is 2.00. The number of phenols is 1. The van der Waals surface area contributed by atoms with Gasteiger partial charge in [0.25, 0.3) is 0 Å². The van der Waals surface area contributed by atoms with Gasteiger partial charge in [0.15, 0.2) is 0 Å². The van der Waals surface area contributed by atoms with Crippen molar-refractivity contribution < 1.29 is 9.90 Å². The molecule has 3 nitrogen and oxygen atoms in total. The van der Waals surface area contributed by atoms with Crippen LogP contribution in [0.5, 0.6) is 5.75 Å². The van der Waals surface area contributed by atoms with Gasteiger partial charge in [0.1, 0.15) is 12.5 Å². The number of hydrogen-bond acceptors (Lipinski definition) is 3. The molecule has 11 heavy (non-hydrogen) atoms. The molecule has 1 rings (SSSR count). The Morgan fingerprint density at radius 3 is 2.27 bits per heavy atom. The van der Waals surface area contributed by atoms with Crippen molar-refractivity contribution in [1.29, 1.82) is 5.41 Å². The summed E-state index contributed by atoms with van der Waals surface area (Å²) < 4.78 is 0. The summed E-state index contributed by atoms with van der Waals surface area (Å²) in [6, 6.07) is 6.74. The second-order valence-corrected chi connectivity index (χ2v) is 1.70. The number of carbonyl (C=O) groups is 1. The average molecular weight is 151 g/mol. The van der Waals surface area contributed by atoms with Crippen molar-refractivity contribution in [2.75, 3.05) is 0 Å². The van der Waals surface area contributed by atoms with E-state index < -0.39 is 0 Å². The Balaban J connectivity index is 0.000000461. The van der Waals surface area contributed by atoms with Gasteiger partial charge in [-0.15, -0.1) is 0 Å². The largest absolute Gasteiger partial charge is 0.507 e. The number of rotatable bonds is 1. The smallest absolute Gasteiger partial charge is 0.124 e. The summed E-state index contributed by atoms with van der Waals surface area (Å²) in [5.41, 5.74) is 0.553. The minimum Gasteiger partial charge on any atom is -0.507 e. The van der Waals surface area contributed by atoms with Crippen molar-refractivity contribution in [3.05, 3.63) is 29.8 Å². The van der Waals surface area contributed by atoms with E-state index in [4.69, 9.17) is 15.3 Å². The third-order valence-corrected chi connectivity index (χ3v) is 1.09. The maximum Gasteiger partial charge on any atom is 0.124 e. The molecule has 0 radical (unpaired) electrons. The first-order valence-corrected chi connectivity index (χ1v) is 2.92. The first-order chi connectivity index (χ1) is 5.34. The van der Waals surface area contributed by atoms with Crippen molar-refractivity contribution in [3.63, 3.8) is 0 Å². The lowest BCUT2D eigenvalue weighted by molar-refractivity contribution is -0.0979. The molecule has 0 atom stereocenters. The van der Waals surface area contributed by atoms with Gasteiger partial charge >= 0.3 is 0 Å². The lowest BCUT2D eigenvalue weighted by Gasteiger charge is -1.92. The Labute approximate surface area is 64.8 Å². The maximum absolute atomic E-state index is 8.96. The molecule has 2 N–H and O–H groups in total. The Morgan fingerprint density at radius 1 is 1.36 bits per heavy atom. The topological polar surface area (TPSA) is 61.2 Å². The molecule has 0 amide bonds. The van der Waals surface area contributed by atoms with Crippen LogP contribution >= 0.6 is 0 Å². The van der Waals surface area contributed by atoms with Gasteiger partial charge in [-0.25, -0.2) is 0 Å². The zero-order chi connectivity index (χ0) is 8.69. The van der Waals surface area contributed by atoms with Crippen LogP contribution in [0.25, 0.3) is 0 Å². The SMILES string of the molecule is C=O.N=Cc1ccccc1O. The van der Waals surface area contributed by atoms with Crippen LogP contribution in [0.2, 0.25) is 0 Å². The predicted molar refractivity (Wildman–Crippen MR) is 43.1 cm³/mol. The zero-order valence-corrected chi connectivity index (χ0v) is 5.95. The minimum atomic E-state index is 0.160. The highest BCUT2D eigenvalue weighted by Gasteiger charge is 1.91. The predicted octanol–water partition coefficient (Wildman–Crippen LogP) is 1.20. The van der Waals surface area contributed by atoms with E-state index in [9.17, 15) is 0 Å². The number of para-hydroxylation sites is 1. The third kappa shape index (κ3) is 2.62. The second kappa shape index (κ2) is 5.17. The molecule has 3 heteroatoms. The van der Waals surface area contributed by atoms with Gasteiger partial charge in [0.05, 0.1) is 0 Å². The molecule has 1 aromatic rings. The highest BCUT2D eigenvalue weighted by Crippen LogP contribution is 2.11.